The van der Waals surface area contributed by atoms with Crippen LogP contribution in [0.1, 0.15) is 55.7 Å². The number of hydrogen-bond donors (Lipinski definition) is 1. The maximum Gasteiger partial charge on any atom is 0.271 e. The smallest absolute Gasteiger partial charge is 0.271 e. The van der Waals surface area contributed by atoms with Crippen molar-refractivity contribution in [1.82, 2.24) is 10.2 Å². The Morgan fingerprint density at radius 3 is 2.29 bits per heavy atom. The maximum absolute atomic E-state index is 13.8. The van der Waals surface area contributed by atoms with E-state index in [0.717, 1.165) is 53.4 Å². The number of nitrogens with one attached hydrogen (secondary N) is 1. The fraction of sp³-hybridized carbons (Fsp3) is 0.481. The minimum atomic E-state index is -4.00. The van der Waals surface area contributed by atoms with Crippen LogP contribution in [-0.4, -0.2) is 54.9 Å². The van der Waals surface area contributed by atoms with Crippen molar-refractivity contribution in [3.8, 4) is 0 Å². The molecule has 0 heterocycles. The van der Waals surface area contributed by atoms with Gasteiger partial charge in [-0.15, -0.1) is 0 Å². The lowest BCUT2D eigenvalue weighted by molar-refractivity contribution is -0.384. The van der Waals surface area contributed by atoms with Gasteiger partial charge >= 0.3 is 0 Å². The largest absolute Gasteiger partial charge is 0.352 e. The summed E-state index contributed by atoms with van der Waals surface area (Å²) >= 11 is 0. The molecule has 1 atom stereocenters. The van der Waals surface area contributed by atoms with E-state index in [9.17, 15) is 28.1 Å². The average molecular weight is 545 g/mol. The lowest BCUT2D eigenvalue weighted by atomic mass is 10.1. The number of carbonyl (C=O) groups is 2. The number of sulfonamides is 1. The Balaban J connectivity index is 1.97. The molecule has 3 rings (SSSR count). The van der Waals surface area contributed by atoms with E-state index in [1.807, 2.05) is 38.1 Å². The van der Waals surface area contributed by atoms with Crippen LogP contribution < -0.4 is 9.62 Å². The van der Waals surface area contributed by atoms with E-state index in [2.05, 4.69) is 5.32 Å². The summed E-state index contributed by atoms with van der Waals surface area (Å²) in [4.78, 5) is 39.3. The molecule has 38 heavy (non-hydrogen) atoms. The van der Waals surface area contributed by atoms with Crippen LogP contribution in [0.2, 0.25) is 0 Å². The summed E-state index contributed by atoms with van der Waals surface area (Å²) in [5.74, 6) is -0.840. The summed E-state index contributed by atoms with van der Waals surface area (Å²) in [6.07, 6.45) is 5.15. The van der Waals surface area contributed by atoms with Crippen molar-refractivity contribution in [2.24, 2.45) is 0 Å². The highest BCUT2D eigenvalue weighted by Gasteiger charge is 2.33. The van der Waals surface area contributed by atoms with Crippen molar-refractivity contribution < 1.29 is 22.9 Å². The molecule has 11 heteroatoms. The normalized spacial score (nSPS) is 14.6. The number of aryl methyl sites for hydroxylation is 2. The number of hydrogen-bond acceptors (Lipinski definition) is 6. The molecule has 1 fully saturated rings. The Bertz CT molecular complexity index is 1270. The summed E-state index contributed by atoms with van der Waals surface area (Å²) in [5.41, 5.74) is 2.07. The van der Waals surface area contributed by atoms with Crippen molar-refractivity contribution in [3.63, 3.8) is 0 Å². The van der Waals surface area contributed by atoms with E-state index >= 15 is 0 Å². The van der Waals surface area contributed by atoms with Gasteiger partial charge < -0.3 is 10.2 Å². The van der Waals surface area contributed by atoms with Crippen LogP contribution in [0.15, 0.2) is 42.5 Å². The zero-order valence-electron chi connectivity index (χ0n) is 22.3. The Kier molecular flexibility index (Phi) is 9.48. The first kappa shape index (κ1) is 29.1. The summed E-state index contributed by atoms with van der Waals surface area (Å²) in [7, 11) is -4.00. The number of non-ortho nitro benzene ring substituents is 1. The number of nitro benzene ring substituents is 1. The second-order valence-corrected chi connectivity index (χ2v) is 11.8. The highest BCUT2D eigenvalue weighted by molar-refractivity contribution is 7.92. The SMILES string of the molecule is CCC(C(=O)NC1CCCC1)N(Cc1ccc(C)cc1)C(=O)CN(c1cc([N+](=O)[O-])ccc1C)S(C)(=O)=O. The number of anilines is 1. The molecule has 0 aromatic heterocycles. The fourth-order valence-electron chi connectivity index (χ4n) is 4.75. The Morgan fingerprint density at radius 1 is 1.11 bits per heavy atom. The molecule has 206 valence electrons. The molecule has 0 saturated heterocycles. The minimum Gasteiger partial charge on any atom is -0.352 e. The van der Waals surface area contributed by atoms with Gasteiger partial charge in [-0.3, -0.25) is 24.0 Å². The van der Waals surface area contributed by atoms with Crippen LogP contribution in [0.5, 0.6) is 0 Å². The molecule has 2 aromatic carbocycles. The number of nitro groups is 1. The lowest BCUT2D eigenvalue weighted by Crippen LogP contribution is -2.53. The molecule has 0 aliphatic heterocycles. The van der Waals surface area contributed by atoms with E-state index in [4.69, 9.17) is 0 Å². The van der Waals surface area contributed by atoms with Crippen molar-refractivity contribution in [2.45, 2.75) is 71.5 Å². The molecule has 10 nitrogen and oxygen atoms in total. The van der Waals surface area contributed by atoms with Gasteiger partial charge in [-0.2, -0.15) is 0 Å². The standard InChI is InChI=1S/C27H36N4O6S/c1-5-24(27(33)28-22-8-6-7-9-22)29(17-21-13-10-19(2)11-14-21)26(32)18-30(38(4,36)37)25-16-23(31(34)35)15-12-20(25)3/h10-16,22,24H,5-9,17-18H2,1-4H3,(H,28,33). The first-order valence-electron chi connectivity index (χ1n) is 12.8. The molecule has 1 aliphatic rings. The second-order valence-electron chi connectivity index (χ2n) is 9.92. The van der Waals surface area contributed by atoms with Crippen molar-refractivity contribution in [1.29, 1.82) is 0 Å². The van der Waals surface area contributed by atoms with Gasteiger partial charge in [0, 0.05) is 24.7 Å². The van der Waals surface area contributed by atoms with Gasteiger partial charge in [0.25, 0.3) is 5.69 Å². The summed E-state index contributed by atoms with van der Waals surface area (Å²) in [6.45, 7) is 4.89. The minimum absolute atomic E-state index is 0.0498. The van der Waals surface area contributed by atoms with E-state index in [0.29, 0.717) is 12.0 Å². The first-order valence-corrected chi connectivity index (χ1v) is 14.6. The molecule has 0 radical (unpaired) electrons. The molecule has 0 bridgehead atoms. The third-order valence-corrected chi connectivity index (χ3v) is 8.04. The van der Waals surface area contributed by atoms with Crippen molar-refractivity contribution >= 4 is 33.2 Å². The van der Waals surface area contributed by atoms with Gasteiger partial charge in [0.05, 0.1) is 16.9 Å². The highest BCUT2D eigenvalue weighted by atomic mass is 32.2. The van der Waals surface area contributed by atoms with Crippen molar-refractivity contribution in [2.75, 3.05) is 17.1 Å². The van der Waals surface area contributed by atoms with Crippen LogP contribution in [-0.2, 0) is 26.2 Å². The number of carbonyl (C=O) groups excluding carboxylic acids is 2. The number of rotatable bonds is 11. The first-order chi connectivity index (χ1) is 17.9. The number of amides is 2. The fourth-order valence-corrected chi connectivity index (χ4v) is 5.65. The molecule has 2 aromatic rings. The monoisotopic (exact) mass is 544 g/mol. The van der Waals surface area contributed by atoms with Gasteiger partial charge in [0.15, 0.2) is 0 Å². The number of benzene rings is 2. The third-order valence-electron chi connectivity index (χ3n) is 6.91. The number of nitrogens with zero attached hydrogens (tertiary/aromatic N) is 3. The zero-order chi connectivity index (χ0) is 28.0. The van der Waals surface area contributed by atoms with Gasteiger partial charge in [0.1, 0.15) is 12.6 Å². The Morgan fingerprint density at radius 2 is 1.74 bits per heavy atom. The second kappa shape index (κ2) is 12.4. The third kappa shape index (κ3) is 7.31. The summed E-state index contributed by atoms with van der Waals surface area (Å²) in [6, 6.07) is 10.7. The molecule has 1 aliphatic carbocycles. The van der Waals surface area contributed by atoms with Gasteiger partial charge in [-0.1, -0.05) is 55.7 Å². The average Bonchev–Trinajstić information content (AvgIpc) is 3.36. The van der Waals surface area contributed by atoms with E-state index in [-0.39, 0.29) is 29.9 Å². The van der Waals surface area contributed by atoms with Crippen molar-refractivity contribution in [3.05, 3.63) is 69.3 Å². The van der Waals surface area contributed by atoms with Crippen LogP contribution in [0, 0.1) is 24.0 Å². The van der Waals surface area contributed by atoms with E-state index in [1.54, 1.807) is 6.92 Å². The molecule has 2 amide bonds. The van der Waals surface area contributed by atoms with Crippen LogP contribution in [0.25, 0.3) is 0 Å². The molecule has 1 N–H and O–H groups in total. The van der Waals surface area contributed by atoms with Gasteiger partial charge in [-0.05, 0) is 44.2 Å². The molecule has 0 spiro atoms. The molecular weight excluding hydrogens is 508 g/mol. The molecular formula is C27H36N4O6S. The topological polar surface area (TPSA) is 130 Å². The van der Waals surface area contributed by atoms with E-state index < -0.39 is 33.4 Å². The zero-order valence-corrected chi connectivity index (χ0v) is 23.2. The van der Waals surface area contributed by atoms with Crippen LogP contribution in [0.3, 0.4) is 0 Å². The Labute approximate surface area is 224 Å². The van der Waals surface area contributed by atoms with Gasteiger partial charge in [0.2, 0.25) is 21.8 Å². The van der Waals surface area contributed by atoms with Crippen LogP contribution in [0.4, 0.5) is 11.4 Å². The highest BCUT2D eigenvalue weighted by Crippen LogP contribution is 2.28. The Hall–Kier alpha value is -3.47. The maximum atomic E-state index is 13.8. The quantitative estimate of drug-likeness (QED) is 0.338. The van der Waals surface area contributed by atoms with Crippen LogP contribution >= 0.6 is 0 Å². The summed E-state index contributed by atoms with van der Waals surface area (Å²) < 4.78 is 26.5. The van der Waals surface area contributed by atoms with Gasteiger partial charge in [-0.25, -0.2) is 8.42 Å². The predicted molar refractivity (Wildman–Crippen MR) is 146 cm³/mol. The lowest BCUT2D eigenvalue weighted by Gasteiger charge is -2.33. The summed E-state index contributed by atoms with van der Waals surface area (Å²) in [5, 5.41) is 14.4. The molecule has 1 unspecified atom stereocenters. The van der Waals surface area contributed by atoms with E-state index in [1.165, 1.54) is 17.0 Å². The molecule has 1 saturated carbocycles. The predicted octanol–water partition coefficient (Wildman–Crippen LogP) is 3.84.